The number of halogens is 4. The number of H-pyrrole nitrogens is 1. The fourth-order valence-corrected chi connectivity index (χ4v) is 3.54. The second-order valence-electron chi connectivity index (χ2n) is 6.23. The van der Waals surface area contributed by atoms with Gasteiger partial charge in [0.1, 0.15) is 11.4 Å². The van der Waals surface area contributed by atoms with E-state index in [1.807, 2.05) is 6.07 Å². The molecule has 0 unspecified atom stereocenters. The predicted molar refractivity (Wildman–Crippen MR) is 88.3 cm³/mol. The quantitative estimate of drug-likeness (QED) is 0.665. The highest BCUT2D eigenvalue weighted by Gasteiger charge is 2.33. The Labute approximate surface area is 146 Å². The molecule has 0 amide bonds. The van der Waals surface area contributed by atoms with Gasteiger partial charge in [-0.1, -0.05) is 24.4 Å². The van der Waals surface area contributed by atoms with Crippen molar-refractivity contribution in [3.63, 3.8) is 0 Å². The summed E-state index contributed by atoms with van der Waals surface area (Å²) in [5, 5.41) is 0.430. The molecule has 1 N–H and O–H groups in total. The standard InChI is InChI=1S/C17H14ClF3N4/c18-11-7-10(9-3-1-2-4-9)8-22-14(11)16-23-12-5-6-13(17(19,20)21)24-15(12)25-16/h5-9H,1-4H2,(H,23,24,25). The summed E-state index contributed by atoms with van der Waals surface area (Å²) < 4.78 is 38.3. The average Bonchev–Trinajstić information content (AvgIpc) is 3.22. The number of imidazole rings is 1. The fraction of sp³-hybridized carbons (Fsp3) is 0.353. The lowest BCUT2D eigenvalue weighted by Crippen LogP contribution is -2.07. The van der Waals surface area contributed by atoms with E-state index in [1.54, 1.807) is 6.20 Å². The van der Waals surface area contributed by atoms with Crippen molar-refractivity contribution in [1.82, 2.24) is 19.9 Å². The third-order valence-corrected chi connectivity index (χ3v) is 4.84. The third-order valence-electron chi connectivity index (χ3n) is 4.55. The minimum Gasteiger partial charge on any atom is -0.335 e. The van der Waals surface area contributed by atoms with Crippen molar-refractivity contribution in [3.05, 3.63) is 40.7 Å². The molecular formula is C17H14ClF3N4. The first-order chi connectivity index (χ1) is 11.9. The van der Waals surface area contributed by atoms with Gasteiger partial charge in [-0.15, -0.1) is 0 Å². The zero-order valence-electron chi connectivity index (χ0n) is 13.1. The molecule has 3 aromatic rings. The topological polar surface area (TPSA) is 54.5 Å². The molecule has 0 spiro atoms. The number of alkyl halides is 3. The summed E-state index contributed by atoms with van der Waals surface area (Å²) in [6.45, 7) is 0. The van der Waals surface area contributed by atoms with Gasteiger partial charge < -0.3 is 4.98 Å². The molecular weight excluding hydrogens is 353 g/mol. The van der Waals surface area contributed by atoms with Crippen LogP contribution in [0.25, 0.3) is 22.7 Å². The van der Waals surface area contributed by atoms with E-state index in [9.17, 15) is 13.2 Å². The smallest absolute Gasteiger partial charge is 0.335 e. The molecule has 0 saturated heterocycles. The van der Waals surface area contributed by atoms with E-state index >= 15 is 0 Å². The van der Waals surface area contributed by atoms with Gasteiger partial charge in [0.25, 0.3) is 0 Å². The number of aromatic amines is 1. The van der Waals surface area contributed by atoms with E-state index in [4.69, 9.17) is 11.6 Å². The van der Waals surface area contributed by atoms with Crippen LogP contribution in [0.15, 0.2) is 24.4 Å². The molecule has 130 valence electrons. The Hall–Kier alpha value is -2.15. The van der Waals surface area contributed by atoms with Crippen molar-refractivity contribution >= 4 is 22.8 Å². The summed E-state index contributed by atoms with van der Waals surface area (Å²) in [4.78, 5) is 15.0. The van der Waals surface area contributed by atoms with Crippen molar-refractivity contribution in [2.24, 2.45) is 0 Å². The van der Waals surface area contributed by atoms with E-state index in [-0.39, 0.29) is 5.65 Å². The molecule has 3 heterocycles. The van der Waals surface area contributed by atoms with Crippen LogP contribution in [0.2, 0.25) is 5.02 Å². The first-order valence-electron chi connectivity index (χ1n) is 8.01. The lowest BCUT2D eigenvalue weighted by atomic mass is 9.99. The zero-order valence-corrected chi connectivity index (χ0v) is 13.8. The van der Waals surface area contributed by atoms with Crippen LogP contribution in [0, 0.1) is 0 Å². The summed E-state index contributed by atoms with van der Waals surface area (Å²) in [6.07, 6.45) is 1.95. The number of aromatic nitrogens is 4. The van der Waals surface area contributed by atoms with Gasteiger partial charge in [-0.05, 0) is 42.5 Å². The highest BCUT2D eigenvalue weighted by molar-refractivity contribution is 6.33. The molecule has 3 aromatic heterocycles. The normalized spacial score (nSPS) is 16.0. The summed E-state index contributed by atoms with van der Waals surface area (Å²) >= 11 is 6.35. The molecule has 1 fully saturated rings. The molecule has 1 saturated carbocycles. The van der Waals surface area contributed by atoms with Gasteiger partial charge in [-0.2, -0.15) is 13.2 Å². The fourth-order valence-electron chi connectivity index (χ4n) is 3.27. The maximum absolute atomic E-state index is 12.8. The van der Waals surface area contributed by atoms with E-state index < -0.39 is 11.9 Å². The van der Waals surface area contributed by atoms with E-state index in [1.165, 1.54) is 18.9 Å². The van der Waals surface area contributed by atoms with Crippen molar-refractivity contribution in [1.29, 1.82) is 0 Å². The van der Waals surface area contributed by atoms with Gasteiger partial charge >= 0.3 is 6.18 Å². The molecule has 0 aromatic carbocycles. The highest BCUT2D eigenvalue weighted by atomic mass is 35.5. The van der Waals surface area contributed by atoms with Crippen LogP contribution in [0.3, 0.4) is 0 Å². The van der Waals surface area contributed by atoms with E-state index in [2.05, 4.69) is 19.9 Å². The Morgan fingerprint density at radius 3 is 2.56 bits per heavy atom. The maximum Gasteiger partial charge on any atom is 0.433 e. The molecule has 0 aliphatic heterocycles. The van der Waals surface area contributed by atoms with E-state index in [0.29, 0.717) is 28.0 Å². The van der Waals surface area contributed by atoms with E-state index in [0.717, 1.165) is 24.5 Å². The summed E-state index contributed by atoms with van der Waals surface area (Å²) in [5.41, 5.74) is 0.923. The second-order valence-corrected chi connectivity index (χ2v) is 6.64. The number of fused-ring (bicyclic) bond motifs is 1. The van der Waals surface area contributed by atoms with Gasteiger partial charge in [-0.3, -0.25) is 4.98 Å². The first kappa shape index (κ1) is 16.3. The van der Waals surface area contributed by atoms with Crippen molar-refractivity contribution in [2.45, 2.75) is 37.8 Å². The van der Waals surface area contributed by atoms with Gasteiger partial charge in [0, 0.05) is 6.20 Å². The molecule has 1 aliphatic carbocycles. The first-order valence-corrected chi connectivity index (χ1v) is 8.39. The summed E-state index contributed by atoms with van der Waals surface area (Å²) in [5.74, 6) is 0.788. The van der Waals surface area contributed by atoms with Crippen molar-refractivity contribution in [2.75, 3.05) is 0 Å². The minimum atomic E-state index is -4.51. The maximum atomic E-state index is 12.8. The number of pyridine rings is 2. The van der Waals surface area contributed by atoms with Crippen LogP contribution in [-0.2, 0) is 6.18 Å². The highest BCUT2D eigenvalue weighted by Crippen LogP contribution is 2.36. The number of hydrogen-bond donors (Lipinski definition) is 1. The number of hydrogen-bond acceptors (Lipinski definition) is 3. The van der Waals surface area contributed by atoms with Crippen LogP contribution in [-0.4, -0.2) is 19.9 Å². The Kier molecular flexibility index (Phi) is 3.91. The van der Waals surface area contributed by atoms with Gasteiger partial charge in [0.2, 0.25) is 0 Å². The van der Waals surface area contributed by atoms with Crippen LogP contribution in [0.1, 0.15) is 42.9 Å². The minimum absolute atomic E-state index is 0.0115. The zero-order chi connectivity index (χ0) is 17.6. The second kappa shape index (κ2) is 5.98. The Bertz CT molecular complexity index is 929. The van der Waals surface area contributed by atoms with Crippen LogP contribution >= 0.6 is 11.6 Å². The van der Waals surface area contributed by atoms with Crippen LogP contribution in [0.5, 0.6) is 0 Å². The Morgan fingerprint density at radius 2 is 1.88 bits per heavy atom. The number of nitrogens with zero attached hydrogens (tertiary/aromatic N) is 3. The molecule has 0 atom stereocenters. The molecule has 8 heteroatoms. The molecule has 1 aliphatic rings. The predicted octanol–water partition coefficient (Wildman–Crippen LogP) is 5.35. The summed E-state index contributed by atoms with van der Waals surface area (Å²) in [7, 11) is 0. The number of nitrogens with one attached hydrogen (secondary N) is 1. The molecule has 25 heavy (non-hydrogen) atoms. The number of rotatable bonds is 2. The lowest BCUT2D eigenvalue weighted by molar-refractivity contribution is -0.141. The monoisotopic (exact) mass is 366 g/mol. The molecule has 4 rings (SSSR count). The Morgan fingerprint density at radius 1 is 1.12 bits per heavy atom. The van der Waals surface area contributed by atoms with Gasteiger partial charge in [0.15, 0.2) is 11.5 Å². The third kappa shape index (κ3) is 3.08. The lowest BCUT2D eigenvalue weighted by Gasteiger charge is -2.10. The van der Waals surface area contributed by atoms with Crippen LogP contribution < -0.4 is 0 Å². The molecule has 4 nitrogen and oxygen atoms in total. The van der Waals surface area contributed by atoms with Crippen LogP contribution in [0.4, 0.5) is 13.2 Å². The molecule has 0 bridgehead atoms. The van der Waals surface area contributed by atoms with Gasteiger partial charge in [-0.25, -0.2) is 9.97 Å². The van der Waals surface area contributed by atoms with Crippen molar-refractivity contribution < 1.29 is 13.2 Å². The summed E-state index contributed by atoms with van der Waals surface area (Å²) in [6, 6.07) is 4.10. The largest absolute Gasteiger partial charge is 0.433 e. The van der Waals surface area contributed by atoms with Crippen molar-refractivity contribution in [3.8, 4) is 11.5 Å². The van der Waals surface area contributed by atoms with Gasteiger partial charge in [0.05, 0.1) is 10.5 Å². The SMILES string of the molecule is FC(F)(F)c1ccc2[nH]c(-c3ncc(C4CCCC4)cc3Cl)nc2n1. The Balaban J connectivity index is 1.71. The average molecular weight is 367 g/mol. The molecule has 0 radical (unpaired) electrons.